The SMILES string of the molecule is O=C(CCc1cccnc1)Cc1ccc(S(=O)(=O)c2cccc(C(=O)NC3CCCC3)c2)cc1. The second kappa shape index (κ2) is 10.7. The molecule has 7 heteroatoms. The summed E-state index contributed by atoms with van der Waals surface area (Å²) in [7, 11) is -3.79. The van der Waals surface area contributed by atoms with Gasteiger partial charge in [-0.2, -0.15) is 0 Å². The van der Waals surface area contributed by atoms with Crippen LogP contribution in [0.1, 0.15) is 53.6 Å². The lowest BCUT2D eigenvalue weighted by Crippen LogP contribution is -2.32. The standard InChI is InChI=1S/C27H28N2O4S/c30-24(13-10-21-5-4-16-28-19-21)17-20-11-14-25(15-12-20)34(32,33)26-9-3-6-22(18-26)27(31)29-23-7-1-2-8-23/h3-6,9,11-12,14-16,18-19,23H,1-2,7-8,10,13,17H2,(H,29,31). The molecule has 1 heterocycles. The first-order valence-electron chi connectivity index (χ1n) is 11.6. The van der Waals surface area contributed by atoms with Crippen molar-refractivity contribution in [2.24, 2.45) is 0 Å². The summed E-state index contributed by atoms with van der Waals surface area (Å²) in [5.41, 5.74) is 2.11. The van der Waals surface area contributed by atoms with E-state index in [1.54, 1.807) is 36.7 Å². The molecule has 1 amide bonds. The second-order valence-corrected chi connectivity index (χ2v) is 10.7. The van der Waals surface area contributed by atoms with E-state index in [1.165, 1.54) is 24.3 Å². The van der Waals surface area contributed by atoms with Gasteiger partial charge >= 0.3 is 0 Å². The number of aromatic nitrogens is 1. The van der Waals surface area contributed by atoms with E-state index in [2.05, 4.69) is 10.3 Å². The number of aryl methyl sites for hydroxylation is 1. The van der Waals surface area contributed by atoms with E-state index in [4.69, 9.17) is 0 Å². The Labute approximate surface area is 200 Å². The normalized spacial score (nSPS) is 14.1. The number of rotatable bonds is 9. The second-order valence-electron chi connectivity index (χ2n) is 8.71. The maximum atomic E-state index is 13.1. The van der Waals surface area contributed by atoms with Crippen molar-refractivity contribution in [2.45, 2.75) is 60.8 Å². The van der Waals surface area contributed by atoms with Crippen molar-refractivity contribution in [1.29, 1.82) is 0 Å². The molecule has 1 aromatic heterocycles. The molecule has 0 aliphatic heterocycles. The smallest absolute Gasteiger partial charge is 0.251 e. The van der Waals surface area contributed by atoms with Gasteiger partial charge in [-0.1, -0.05) is 37.1 Å². The number of amides is 1. The number of pyridine rings is 1. The average Bonchev–Trinajstić information content (AvgIpc) is 3.37. The monoisotopic (exact) mass is 476 g/mol. The fourth-order valence-electron chi connectivity index (χ4n) is 4.21. The molecule has 0 saturated heterocycles. The molecule has 1 aliphatic rings. The molecule has 176 valence electrons. The lowest BCUT2D eigenvalue weighted by Gasteiger charge is -2.13. The summed E-state index contributed by atoms with van der Waals surface area (Å²) in [5, 5.41) is 2.99. The summed E-state index contributed by atoms with van der Waals surface area (Å²) >= 11 is 0. The molecule has 1 N–H and O–H groups in total. The lowest BCUT2D eigenvalue weighted by molar-refractivity contribution is -0.118. The number of ketones is 1. The van der Waals surface area contributed by atoms with Crippen LogP contribution in [0.5, 0.6) is 0 Å². The first-order valence-corrected chi connectivity index (χ1v) is 13.1. The molecular weight excluding hydrogens is 448 g/mol. The van der Waals surface area contributed by atoms with Crippen molar-refractivity contribution in [1.82, 2.24) is 10.3 Å². The first kappa shape index (κ1) is 23.8. The van der Waals surface area contributed by atoms with Crippen molar-refractivity contribution in [3.8, 4) is 0 Å². The van der Waals surface area contributed by atoms with Crippen molar-refractivity contribution in [2.75, 3.05) is 0 Å². The van der Waals surface area contributed by atoms with Crippen LogP contribution in [0, 0.1) is 0 Å². The molecule has 0 unspecified atom stereocenters. The van der Waals surface area contributed by atoms with Crippen LogP contribution in [0.4, 0.5) is 0 Å². The molecule has 3 aromatic rings. The highest BCUT2D eigenvalue weighted by Crippen LogP contribution is 2.23. The Morgan fingerprint density at radius 3 is 2.38 bits per heavy atom. The first-order chi connectivity index (χ1) is 16.4. The number of nitrogens with zero attached hydrogens (tertiary/aromatic N) is 1. The number of carbonyl (C=O) groups excluding carboxylic acids is 2. The van der Waals surface area contributed by atoms with E-state index >= 15 is 0 Å². The molecule has 1 saturated carbocycles. The molecule has 0 spiro atoms. The van der Waals surface area contributed by atoms with Crippen molar-refractivity contribution >= 4 is 21.5 Å². The Hall–Kier alpha value is -3.32. The van der Waals surface area contributed by atoms with Gasteiger partial charge in [0.25, 0.3) is 5.91 Å². The van der Waals surface area contributed by atoms with Crippen LogP contribution >= 0.6 is 0 Å². The fraction of sp³-hybridized carbons (Fsp3) is 0.296. The summed E-state index contributed by atoms with van der Waals surface area (Å²) in [5.74, 6) is -0.162. The van der Waals surface area contributed by atoms with Gasteiger partial charge in [-0.3, -0.25) is 14.6 Å². The number of carbonyl (C=O) groups is 2. The third-order valence-corrected chi connectivity index (χ3v) is 7.91. The third-order valence-electron chi connectivity index (χ3n) is 6.15. The predicted molar refractivity (Wildman–Crippen MR) is 129 cm³/mol. The van der Waals surface area contributed by atoms with Gasteiger partial charge in [-0.25, -0.2) is 8.42 Å². The predicted octanol–water partition coefficient (Wildman–Crippen LogP) is 4.33. The van der Waals surface area contributed by atoms with Gasteiger partial charge in [0.2, 0.25) is 9.84 Å². The van der Waals surface area contributed by atoms with Crippen LogP contribution in [0.15, 0.2) is 82.8 Å². The summed E-state index contributed by atoms with van der Waals surface area (Å²) < 4.78 is 26.3. The highest BCUT2D eigenvalue weighted by Gasteiger charge is 2.21. The summed E-state index contributed by atoms with van der Waals surface area (Å²) in [6.45, 7) is 0. The maximum absolute atomic E-state index is 13.1. The molecule has 2 aromatic carbocycles. The molecule has 34 heavy (non-hydrogen) atoms. The van der Waals surface area contributed by atoms with Crippen LogP contribution < -0.4 is 5.32 Å². The zero-order valence-electron chi connectivity index (χ0n) is 18.9. The zero-order chi connectivity index (χ0) is 24.0. The largest absolute Gasteiger partial charge is 0.349 e. The van der Waals surface area contributed by atoms with Gasteiger partial charge in [0.05, 0.1) is 9.79 Å². The minimum Gasteiger partial charge on any atom is -0.349 e. The molecule has 6 nitrogen and oxygen atoms in total. The van der Waals surface area contributed by atoms with Crippen molar-refractivity contribution in [3.63, 3.8) is 0 Å². The Morgan fingerprint density at radius 1 is 0.912 bits per heavy atom. The van der Waals surface area contributed by atoms with E-state index in [1.807, 2.05) is 12.1 Å². The molecule has 4 rings (SSSR count). The molecule has 0 radical (unpaired) electrons. The van der Waals surface area contributed by atoms with Crippen LogP contribution in [0.3, 0.4) is 0 Å². The van der Waals surface area contributed by atoms with E-state index < -0.39 is 9.84 Å². The molecule has 0 atom stereocenters. The van der Waals surface area contributed by atoms with Gasteiger partial charge in [-0.15, -0.1) is 0 Å². The number of hydrogen-bond acceptors (Lipinski definition) is 5. The number of nitrogens with one attached hydrogen (secondary N) is 1. The molecule has 0 bridgehead atoms. The topological polar surface area (TPSA) is 93.2 Å². The Morgan fingerprint density at radius 2 is 1.68 bits per heavy atom. The van der Waals surface area contributed by atoms with Crippen molar-refractivity contribution < 1.29 is 18.0 Å². The van der Waals surface area contributed by atoms with Gasteiger partial charge in [0, 0.05) is 36.8 Å². The fourth-order valence-corrected chi connectivity index (χ4v) is 5.52. The molecule has 1 fully saturated rings. The quantitative estimate of drug-likeness (QED) is 0.496. The minimum absolute atomic E-state index is 0.0758. The van der Waals surface area contributed by atoms with Crippen LogP contribution in [-0.2, 0) is 27.5 Å². The summed E-state index contributed by atoms with van der Waals surface area (Å²) in [4.78, 5) is 29.2. The zero-order valence-corrected chi connectivity index (χ0v) is 19.8. The van der Waals surface area contributed by atoms with Crippen LogP contribution in [0.2, 0.25) is 0 Å². The van der Waals surface area contributed by atoms with Crippen LogP contribution in [-0.4, -0.2) is 31.1 Å². The van der Waals surface area contributed by atoms with E-state index in [9.17, 15) is 18.0 Å². The van der Waals surface area contributed by atoms with Crippen LogP contribution in [0.25, 0.3) is 0 Å². The summed E-state index contributed by atoms with van der Waals surface area (Å²) in [6.07, 6.45) is 8.85. The molecular formula is C27H28N2O4S. The average molecular weight is 477 g/mol. The van der Waals surface area contributed by atoms with E-state index in [0.29, 0.717) is 18.4 Å². The molecule has 1 aliphatic carbocycles. The number of benzene rings is 2. The van der Waals surface area contributed by atoms with Gasteiger partial charge in [0.1, 0.15) is 5.78 Å². The highest BCUT2D eigenvalue weighted by molar-refractivity contribution is 7.91. The Balaban J connectivity index is 1.40. The number of hydrogen-bond donors (Lipinski definition) is 1. The Kier molecular flexibility index (Phi) is 7.53. The van der Waals surface area contributed by atoms with Gasteiger partial charge in [-0.05, 0) is 66.8 Å². The van der Waals surface area contributed by atoms with E-state index in [0.717, 1.165) is 36.8 Å². The Bertz CT molecular complexity index is 1250. The highest BCUT2D eigenvalue weighted by atomic mass is 32.2. The lowest BCUT2D eigenvalue weighted by atomic mass is 10.0. The van der Waals surface area contributed by atoms with E-state index in [-0.39, 0.29) is 33.9 Å². The number of sulfone groups is 1. The van der Waals surface area contributed by atoms with Gasteiger partial charge in [0.15, 0.2) is 0 Å². The minimum atomic E-state index is -3.79. The third kappa shape index (κ3) is 5.97. The van der Waals surface area contributed by atoms with Gasteiger partial charge < -0.3 is 5.32 Å². The van der Waals surface area contributed by atoms with Crippen molar-refractivity contribution in [3.05, 3.63) is 89.7 Å². The maximum Gasteiger partial charge on any atom is 0.251 e. The number of Topliss-reactive ketones (excluding diaryl/α,β-unsaturated/α-hetero) is 1. The summed E-state index contributed by atoms with van der Waals surface area (Å²) in [6, 6.07) is 16.5.